The molecule has 0 aromatic heterocycles. The number of carbonyl (C=O) groups excluding carboxylic acids is 1. The number of esters is 1. The van der Waals surface area contributed by atoms with Gasteiger partial charge in [0.25, 0.3) is 0 Å². The van der Waals surface area contributed by atoms with Crippen molar-refractivity contribution >= 4 is 12.0 Å². The first-order valence-electron chi connectivity index (χ1n) is 5.36. The lowest BCUT2D eigenvalue weighted by Crippen LogP contribution is -2.02. The largest absolute Gasteiger partial charge is 0.492 e. The van der Waals surface area contributed by atoms with Gasteiger partial charge in [0.05, 0.1) is 13.7 Å². The van der Waals surface area contributed by atoms with Crippen LogP contribution < -0.4 is 4.74 Å². The molecule has 18 heavy (non-hydrogen) atoms. The van der Waals surface area contributed by atoms with Crippen molar-refractivity contribution < 1.29 is 14.3 Å². The molecule has 92 valence electrons. The van der Waals surface area contributed by atoms with Gasteiger partial charge >= 0.3 is 5.97 Å². The Labute approximate surface area is 103 Å². The Bertz CT molecular complexity index is 560. The quantitative estimate of drug-likeness (QED) is 0.269. The first-order chi connectivity index (χ1) is 8.76. The summed E-state index contributed by atoms with van der Waals surface area (Å²) >= 11 is 0. The van der Waals surface area contributed by atoms with Crippen LogP contribution in [-0.4, -0.2) is 19.7 Å². The number of rotatable bonds is 3. The highest BCUT2D eigenvalue weighted by atomic mass is 16.5. The fourth-order valence-electron chi connectivity index (χ4n) is 1.78. The number of fused-ring (bicyclic) bond motifs is 1. The Kier molecular flexibility index (Phi) is 3.50. The topological polar surface area (TPSA) is 84.3 Å². The molecule has 1 aromatic rings. The molecule has 0 unspecified atom stereocenters. The fraction of sp³-hybridized carbons (Fsp3) is 0.250. The van der Waals surface area contributed by atoms with E-state index < -0.39 is 5.97 Å². The van der Waals surface area contributed by atoms with Crippen molar-refractivity contribution in [3.05, 3.63) is 45.5 Å². The van der Waals surface area contributed by atoms with E-state index in [0.29, 0.717) is 12.2 Å². The van der Waals surface area contributed by atoms with E-state index in [1.165, 1.54) is 13.2 Å². The lowest BCUT2D eigenvalue weighted by molar-refractivity contribution is -0.136. The van der Waals surface area contributed by atoms with Gasteiger partial charge in [-0.25, -0.2) is 4.79 Å². The number of hydrogen-bond donors (Lipinski definition) is 0. The van der Waals surface area contributed by atoms with Gasteiger partial charge in [-0.15, -0.1) is 0 Å². The molecule has 0 atom stereocenters. The monoisotopic (exact) mass is 245 g/mol. The van der Waals surface area contributed by atoms with Crippen LogP contribution in [0.25, 0.3) is 16.5 Å². The normalized spacial score (nSPS) is 13.3. The lowest BCUT2D eigenvalue weighted by atomic mass is 10.1. The van der Waals surface area contributed by atoms with Crippen molar-refractivity contribution in [3.63, 3.8) is 0 Å². The second kappa shape index (κ2) is 5.25. The number of carbonyl (C=O) groups is 1. The Morgan fingerprint density at radius 3 is 3.17 bits per heavy atom. The van der Waals surface area contributed by atoms with Crippen molar-refractivity contribution in [1.82, 2.24) is 0 Å². The maximum absolute atomic E-state index is 11.4. The van der Waals surface area contributed by atoms with Crippen molar-refractivity contribution in [3.8, 4) is 5.75 Å². The third-order valence-corrected chi connectivity index (χ3v) is 2.58. The van der Waals surface area contributed by atoms with Crippen LogP contribution in [0.3, 0.4) is 0 Å². The van der Waals surface area contributed by atoms with Gasteiger partial charge in [-0.05, 0) is 17.2 Å². The summed E-state index contributed by atoms with van der Waals surface area (Å²) in [6, 6.07) is 5.62. The minimum absolute atomic E-state index is 0.0936. The Balaban J connectivity index is 2.45. The van der Waals surface area contributed by atoms with E-state index in [1.807, 2.05) is 12.1 Å². The summed E-state index contributed by atoms with van der Waals surface area (Å²) in [5.74, 6) is 0.0513. The molecule has 1 aromatic carbocycles. The van der Waals surface area contributed by atoms with E-state index in [1.54, 1.807) is 6.07 Å². The van der Waals surface area contributed by atoms with Gasteiger partial charge < -0.3 is 9.47 Å². The molecule has 0 spiro atoms. The van der Waals surface area contributed by atoms with E-state index in [-0.39, 0.29) is 5.70 Å². The van der Waals surface area contributed by atoms with Crippen molar-refractivity contribution in [2.24, 2.45) is 5.11 Å². The molecule has 6 nitrogen and oxygen atoms in total. The lowest BCUT2D eigenvalue weighted by Gasteiger charge is -2.04. The zero-order valence-corrected chi connectivity index (χ0v) is 9.79. The molecule has 0 fully saturated rings. The molecule has 1 aliphatic heterocycles. The maximum Gasteiger partial charge on any atom is 0.340 e. The predicted molar refractivity (Wildman–Crippen MR) is 64.8 cm³/mol. The molecule has 1 heterocycles. The Morgan fingerprint density at radius 1 is 1.61 bits per heavy atom. The molecular formula is C12H11N3O3. The average Bonchev–Trinajstić information content (AvgIpc) is 2.86. The van der Waals surface area contributed by atoms with Crippen LogP contribution in [0, 0.1) is 0 Å². The maximum atomic E-state index is 11.4. The van der Waals surface area contributed by atoms with Gasteiger partial charge in [0.1, 0.15) is 11.4 Å². The summed E-state index contributed by atoms with van der Waals surface area (Å²) in [5.41, 5.74) is 10.1. The summed E-state index contributed by atoms with van der Waals surface area (Å²) in [6.07, 6.45) is 2.31. The molecule has 0 saturated carbocycles. The molecule has 0 saturated heterocycles. The average molecular weight is 245 g/mol. The van der Waals surface area contributed by atoms with Gasteiger partial charge in [0.2, 0.25) is 0 Å². The van der Waals surface area contributed by atoms with Crippen LogP contribution in [0.2, 0.25) is 0 Å². The van der Waals surface area contributed by atoms with Gasteiger partial charge in [-0.2, -0.15) is 0 Å². The summed E-state index contributed by atoms with van der Waals surface area (Å²) in [5, 5.41) is 3.33. The van der Waals surface area contributed by atoms with Crippen LogP contribution >= 0.6 is 0 Å². The second-order valence-corrected chi connectivity index (χ2v) is 3.64. The minimum Gasteiger partial charge on any atom is -0.492 e. The number of nitrogens with zero attached hydrogens (tertiary/aromatic N) is 3. The first kappa shape index (κ1) is 12.0. The predicted octanol–water partition coefficient (Wildman–Crippen LogP) is 2.45. The van der Waals surface area contributed by atoms with Crippen molar-refractivity contribution in [2.45, 2.75) is 6.42 Å². The van der Waals surface area contributed by atoms with Crippen LogP contribution in [-0.2, 0) is 16.0 Å². The Morgan fingerprint density at radius 2 is 2.44 bits per heavy atom. The van der Waals surface area contributed by atoms with E-state index in [0.717, 1.165) is 17.7 Å². The zero-order chi connectivity index (χ0) is 13.0. The van der Waals surface area contributed by atoms with Crippen LogP contribution in [0.5, 0.6) is 5.75 Å². The van der Waals surface area contributed by atoms with Gasteiger partial charge in [0.15, 0.2) is 0 Å². The third-order valence-electron chi connectivity index (χ3n) is 2.58. The van der Waals surface area contributed by atoms with E-state index in [2.05, 4.69) is 14.8 Å². The second-order valence-electron chi connectivity index (χ2n) is 3.64. The first-order valence-corrected chi connectivity index (χ1v) is 5.36. The van der Waals surface area contributed by atoms with Gasteiger partial charge in [-0.1, -0.05) is 23.3 Å². The van der Waals surface area contributed by atoms with E-state index in [9.17, 15) is 4.79 Å². The van der Waals surface area contributed by atoms with Crippen LogP contribution in [0.15, 0.2) is 29.0 Å². The highest BCUT2D eigenvalue weighted by molar-refractivity contribution is 5.93. The number of hydrogen-bond acceptors (Lipinski definition) is 4. The standard InChI is InChI=1S/C12H11N3O3/c1-17-12(16)10(14-15-13)7-9-4-2-3-8-5-6-18-11(8)9/h2-4,7H,5-6H2,1H3/b10-7-. The molecular weight excluding hydrogens is 234 g/mol. The van der Waals surface area contributed by atoms with E-state index >= 15 is 0 Å². The van der Waals surface area contributed by atoms with E-state index in [4.69, 9.17) is 10.3 Å². The van der Waals surface area contributed by atoms with Crippen LogP contribution in [0.4, 0.5) is 0 Å². The smallest absolute Gasteiger partial charge is 0.340 e. The highest BCUT2D eigenvalue weighted by Crippen LogP contribution is 2.31. The fourth-order valence-corrected chi connectivity index (χ4v) is 1.78. The molecule has 0 amide bonds. The number of benzene rings is 1. The summed E-state index contributed by atoms with van der Waals surface area (Å²) in [6.45, 7) is 0.620. The molecule has 1 aliphatic rings. The van der Waals surface area contributed by atoms with Gasteiger partial charge in [0, 0.05) is 16.9 Å². The summed E-state index contributed by atoms with van der Waals surface area (Å²) < 4.78 is 10.0. The molecule has 6 heteroatoms. The molecule has 0 aliphatic carbocycles. The number of ether oxygens (including phenoxy) is 2. The summed E-state index contributed by atoms with van der Waals surface area (Å²) in [4.78, 5) is 14.0. The van der Waals surface area contributed by atoms with Gasteiger partial charge in [-0.3, -0.25) is 0 Å². The number of azide groups is 1. The molecule has 2 rings (SSSR count). The Hall–Kier alpha value is -2.46. The zero-order valence-electron chi connectivity index (χ0n) is 9.79. The number of methoxy groups -OCH3 is 1. The SMILES string of the molecule is COC(=O)/C(=C/c1cccc2c1OCC2)N=[N+]=[N-]. The third kappa shape index (κ3) is 2.28. The molecule has 0 bridgehead atoms. The summed E-state index contributed by atoms with van der Waals surface area (Å²) in [7, 11) is 1.23. The highest BCUT2D eigenvalue weighted by Gasteiger charge is 2.16. The van der Waals surface area contributed by atoms with Crippen LogP contribution in [0.1, 0.15) is 11.1 Å². The molecule has 0 radical (unpaired) electrons. The van der Waals surface area contributed by atoms with Crippen molar-refractivity contribution in [2.75, 3.05) is 13.7 Å². The molecule has 0 N–H and O–H groups in total. The number of para-hydroxylation sites is 1. The van der Waals surface area contributed by atoms with Crippen molar-refractivity contribution in [1.29, 1.82) is 0 Å². The minimum atomic E-state index is -0.677.